The number of fused-ring (bicyclic) bond motifs is 1. The molecule has 5 atom stereocenters. The first-order chi connectivity index (χ1) is 10.2. The van der Waals surface area contributed by atoms with Crippen molar-refractivity contribution < 1.29 is 23.3 Å². The van der Waals surface area contributed by atoms with Gasteiger partial charge in [0.1, 0.15) is 18.0 Å². The van der Waals surface area contributed by atoms with E-state index < -0.39 is 0 Å². The summed E-state index contributed by atoms with van der Waals surface area (Å²) in [5, 5.41) is 0. The Labute approximate surface area is 124 Å². The number of hydrogen-bond acceptors (Lipinski definition) is 4. The molecule has 3 rings (SSSR count). The van der Waals surface area contributed by atoms with E-state index in [4.69, 9.17) is 18.9 Å². The van der Waals surface area contributed by atoms with Crippen molar-refractivity contribution in [2.75, 3.05) is 0 Å². The van der Waals surface area contributed by atoms with Gasteiger partial charge >= 0.3 is 0 Å². The molecule has 1 aromatic rings. The molecule has 1 aromatic carbocycles. The van der Waals surface area contributed by atoms with Crippen molar-refractivity contribution in [3.8, 4) is 0 Å². The summed E-state index contributed by atoms with van der Waals surface area (Å²) < 4.78 is 36.8. The highest BCUT2D eigenvalue weighted by Crippen LogP contribution is 2.36. The lowest BCUT2D eigenvalue weighted by Gasteiger charge is -2.22. The molecular weight excluding hydrogens is 275 g/mol. The number of hydrogen-bond donors (Lipinski definition) is 0. The predicted molar refractivity (Wildman–Crippen MR) is 74.0 cm³/mol. The Morgan fingerprint density at radius 2 is 2.00 bits per heavy atom. The largest absolute Gasteiger partial charge is 0.368 e. The van der Waals surface area contributed by atoms with Crippen molar-refractivity contribution in [3.63, 3.8) is 0 Å². The summed E-state index contributed by atoms with van der Waals surface area (Å²) in [6.45, 7) is 4.14. The van der Waals surface area contributed by atoms with Crippen LogP contribution in [0.1, 0.15) is 32.3 Å². The average molecular weight is 296 g/mol. The van der Waals surface area contributed by atoms with Gasteiger partial charge in [0.15, 0.2) is 12.6 Å². The number of rotatable bonds is 5. The van der Waals surface area contributed by atoms with Gasteiger partial charge in [-0.15, -0.1) is 0 Å². The smallest absolute Gasteiger partial charge is 0.189 e. The van der Waals surface area contributed by atoms with E-state index in [2.05, 4.69) is 6.92 Å². The molecule has 4 nitrogen and oxygen atoms in total. The van der Waals surface area contributed by atoms with Gasteiger partial charge in [-0.25, -0.2) is 4.39 Å². The predicted octanol–water partition coefficient (Wildman–Crippen LogP) is 3.00. The maximum absolute atomic E-state index is 13.7. The minimum Gasteiger partial charge on any atom is -0.368 e. The van der Waals surface area contributed by atoms with Gasteiger partial charge in [-0.1, -0.05) is 31.5 Å². The molecule has 2 fully saturated rings. The number of benzene rings is 1. The van der Waals surface area contributed by atoms with Crippen molar-refractivity contribution in [1.82, 2.24) is 0 Å². The third-order valence-electron chi connectivity index (χ3n) is 3.90. The highest BCUT2D eigenvalue weighted by Gasteiger charge is 2.51. The molecule has 0 aromatic heterocycles. The van der Waals surface area contributed by atoms with Crippen LogP contribution in [0.4, 0.5) is 4.39 Å². The molecule has 2 aliphatic rings. The summed E-state index contributed by atoms with van der Waals surface area (Å²) in [6, 6.07) is 6.64. The fourth-order valence-electron chi connectivity index (χ4n) is 2.91. The summed E-state index contributed by atoms with van der Waals surface area (Å²) in [6.07, 6.45) is 0.673. The minimum atomic E-state index is -0.373. The monoisotopic (exact) mass is 296 g/mol. The fraction of sp³-hybridized carbons (Fsp3) is 0.625. The van der Waals surface area contributed by atoms with Crippen LogP contribution in [0.25, 0.3) is 0 Å². The van der Waals surface area contributed by atoms with Crippen molar-refractivity contribution in [3.05, 3.63) is 35.6 Å². The van der Waals surface area contributed by atoms with Crippen molar-refractivity contribution in [2.45, 2.75) is 64.2 Å². The standard InChI is InChI=1S/C16H21FO4/c1-3-6-13-14(15-16(21-13)20-10(2)19-15)18-9-11-7-4-5-8-12(11)17/h4-5,7-8,10,13-16H,3,6,9H2,1-2H3/t10?,13-,14+,15-,16+/m1/s1. The Bertz CT molecular complexity index is 481. The maximum atomic E-state index is 13.7. The lowest BCUT2D eigenvalue weighted by Crippen LogP contribution is -2.35. The number of halogens is 1. The van der Waals surface area contributed by atoms with Crippen LogP contribution in [0.2, 0.25) is 0 Å². The van der Waals surface area contributed by atoms with Gasteiger partial charge in [0.2, 0.25) is 0 Å². The quantitative estimate of drug-likeness (QED) is 0.837. The lowest BCUT2D eigenvalue weighted by atomic mass is 10.1. The molecule has 0 N–H and O–H groups in total. The van der Waals surface area contributed by atoms with Gasteiger partial charge in [-0.05, 0) is 19.4 Å². The molecule has 0 aliphatic carbocycles. The Morgan fingerprint density at radius 1 is 1.19 bits per heavy atom. The first kappa shape index (κ1) is 14.9. The van der Waals surface area contributed by atoms with Gasteiger partial charge in [0.25, 0.3) is 0 Å². The van der Waals surface area contributed by atoms with Crippen LogP contribution < -0.4 is 0 Å². The van der Waals surface area contributed by atoms with E-state index in [-0.39, 0.29) is 43.3 Å². The van der Waals surface area contributed by atoms with Crippen molar-refractivity contribution in [1.29, 1.82) is 0 Å². The van der Waals surface area contributed by atoms with E-state index in [1.165, 1.54) is 6.07 Å². The van der Waals surface area contributed by atoms with Gasteiger partial charge in [0, 0.05) is 5.56 Å². The summed E-state index contributed by atoms with van der Waals surface area (Å²) in [4.78, 5) is 0. The molecule has 0 radical (unpaired) electrons. The Hall–Kier alpha value is -1.01. The molecular formula is C16H21FO4. The van der Waals surface area contributed by atoms with Gasteiger partial charge in [-0.3, -0.25) is 0 Å². The molecule has 2 heterocycles. The van der Waals surface area contributed by atoms with Crippen LogP contribution in [0.5, 0.6) is 0 Å². The van der Waals surface area contributed by atoms with E-state index in [9.17, 15) is 4.39 Å². The van der Waals surface area contributed by atoms with Crippen molar-refractivity contribution >= 4 is 0 Å². The second-order valence-electron chi connectivity index (χ2n) is 5.50. The summed E-state index contributed by atoms with van der Waals surface area (Å²) in [7, 11) is 0. The van der Waals surface area contributed by atoms with Crippen molar-refractivity contribution in [2.24, 2.45) is 0 Å². The highest BCUT2D eigenvalue weighted by atomic mass is 19.1. The molecule has 2 saturated heterocycles. The zero-order chi connectivity index (χ0) is 14.8. The molecule has 1 unspecified atom stereocenters. The van der Waals surface area contributed by atoms with Crippen LogP contribution >= 0.6 is 0 Å². The van der Waals surface area contributed by atoms with Crippen LogP contribution in [0.15, 0.2) is 24.3 Å². The zero-order valence-corrected chi connectivity index (χ0v) is 12.3. The summed E-state index contributed by atoms with van der Waals surface area (Å²) >= 11 is 0. The summed E-state index contributed by atoms with van der Waals surface area (Å²) in [5.41, 5.74) is 0.545. The van der Waals surface area contributed by atoms with E-state index >= 15 is 0 Å². The van der Waals surface area contributed by atoms with E-state index in [1.54, 1.807) is 18.2 Å². The Kier molecular flexibility index (Phi) is 4.54. The SMILES string of the molecule is CCC[C@H]1O[C@@H]2OC(C)O[C@@H]2[C@H]1OCc1ccccc1F. The molecule has 0 bridgehead atoms. The van der Waals surface area contributed by atoms with Gasteiger partial charge in [-0.2, -0.15) is 0 Å². The Balaban J connectivity index is 1.67. The summed E-state index contributed by atoms with van der Waals surface area (Å²) in [5.74, 6) is -0.253. The molecule has 0 saturated carbocycles. The Morgan fingerprint density at radius 3 is 2.76 bits per heavy atom. The van der Waals surface area contributed by atoms with Crippen LogP contribution in [0, 0.1) is 5.82 Å². The second kappa shape index (κ2) is 6.40. The average Bonchev–Trinajstić information content (AvgIpc) is 2.95. The molecule has 0 amide bonds. The first-order valence-corrected chi connectivity index (χ1v) is 7.50. The van der Waals surface area contributed by atoms with Crippen LogP contribution in [-0.2, 0) is 25.6 Å². The highest BCUT2D eigenvalue weighted by molar-refractivity contribution is 5.16. The fourth-order valence-corrected chi connectivity index (χ4v) is 2.91. The third kappa shape index (κ3) is 3.11. The van der Waals surface area contributed by atoms with Crippen LogP contribution in [-0.4, -0.2) is 30.9 Å². The molecule has 2 aliphatic heterocycles. The molecule has 0 spiro atoms. The minimum absolute atomic E-state index is 0.0655. The third-order valence-corrected chi connectivity index (χ3v) is 3.90. The van der Waals surface area contributed by atoms with Gasteiger partial charge < -0.3 is 18.9 Å². The molecule has 116 valence electrons. The second-order valence-corrected chi connectivity index (χ2v) is 5.50. The maximum Gasteiger partial charge on any atom is 0.189 e. The molecule has 5 heteroatoms. The normalized spacial score (nSPS) is 35.1. The van der Waals surface area contributed by atoms with E-state index in [0.717, 1.165) is 12.8 Å². The first-order valence-electron chi connectivity index (χ1n) is 7.50. The topological polar surface area (TPSA) is 36.9 Å². The lowest BCUT2D eigenvalue weighted by molar-refractivity contribution is -0.169. The van der Waals surface area contributed by atoms with Crippen LogP contribution in [0.3, 0.4) is 0 Å². The number of ether oxygens (including phenoxy) is 4. The van der Waals surface area contributed by atoms with E-state index in [1.807, 2.05) is 6.92 Å². The molecule has 21 heavy (non-hydrogen) atoms. The van der Waals surface area contributed by atoms with E-state index in [0.29, 0.717) is 5.56 Å². The zero-order valence-electron chi connectivity index (χ0n) is 12.3. The van der Waals surface area contributed by atoms with Gasteiger partial charge in [0.05, 0.1) is 12.7 Å².